The van der Waals surface area contributed by atoms with Crippen LogP contribution in [-0.4, -0.2) is 16.4 Å². The number of thiophene rings is 1. The average molecular weight is 299 g/mol. The minimum atomic E-state index is -0.295. The molecule has 0 radical (unpaired) electrons. The zero-order chi connectivity index (χ0) is 11.4. The van der Waals surface area contributed by atoms with Crippen LogP contribution in [0.25, 0.3) is 0 Å². The maximum atomic E-state index is 11.2. The molecule has 2 aromatic heterocycles. The van der Waals surface area contributed by atoms with E-state index in [1.54, 1.807) is 17.6 Å². The lowest BCUT2D eigenvalue weighted by Gasteiger charge is -1.99. The Morgan fingerprint density at radius 1 is 1.62 bits per heavy atom. The third-order valence-corrected chi connectivity index (χ3v) is 3.31. The predicted octanol–water partition coefficient (Wildman–Crippen LogP) is 2.04. The van der Waals surface area contributed by atoms with Crippen molar-refractivity contribution in [3.05, 3.63) is 43.4 Å². The van der Waals surface area contributed by atoms with E-state index in [9.17, 15) is 4.79 Å². The summed E-state index contributed by atoms with van der Waals surface area (Å²) in [6.45, 7) is 0. The Bertz CT molecular complexity index is 549. The van der Waals surface area contributed by atoms with Crippen LogP contribution in [0.1, 0.15) is 4.88 Å². The first-order valence-electron chi connectivity index (χ1n) is 4.33. The number of hydrogen-bond donors (Lipinski definition) is 2. The fourth-order valence-electron chi connectivity index (χ4n) is 0.992. The Labute approximate surface area is 103 Å². The molecule has 0 spiro atoms. The van der Waals surface area contributed by atoms with Crippen molar-refractivity contribution < 1.29 is 0 Å². The van der Waals surface area contributed by atoms with E-state index in [-0.39, 0.29) is 5.56 Å². The molecular weight excluding hydrogens is 292 g/mol. The van der Waals surface area contributed by atoms with E-state index in [4.69, 9.17) is 0 Å². The molecule has 2 N–H and O–H groups in total. The first-order chi connectivity index (χ1) is 7.77. The van der Waals surface area contributed by atoms with E-state index in [0.29, 0.717) is 10.2 Å². The third-order valence-electron chi connectivity index (χ3n) is 1.72. The summed E-state index contributed by atoms with van der Waals surface area (Å²) >= 11 is 4.72. The molecule has 0 aromatic carbocycles. The summed E-state index contributed by atoms with van der Waals surface area (Å²) in [7, 11) is 0. The van der Waals surface area contributed by atoms with Gasteiger partial charge < -0.3 is 0 Å². The second-order valence-corrected chi connectivity index (χ2v) is 4.58. The number of nitrogens with zero attached hydrogens (tertiary/aromatic N) is 2. The van der Waals surface area contributed by atoms with Crippen LogP contribution in [0.3, 0.4) is 0 Å². The van der Waals surface area contributed by atoms with Gasteiger partial charge in [-0.3, -0.25) is 10.2 Å². The SMILES string of the molecule is O=c1[nH]ncc(N/N=C\c2cccs2)c1Br. The topological polar surface area (TPSA) is 70.1 Å². The Hall–Kier alpha value is -1.47. The highest BCUT2D eigenvalue weighted by Crippen LogP contribution is 2.15. The van der Waals surface area contributed by atoms with E-state index < -0.39 is 0 Å². The van der Waals surface area contributed by atoms with E-state index >= 15 is 0 Å². The molecule has 0 fully saturated rings. The molecule has 0 saturated carbocycles. The van der Waals surface area contributed by atoms with Crippen LogP contribution in [0.15, 0.2) is 38.1 Å². The van der Waals surface area contributed by atoms with Crippen LogP contribution in [0.4, 0.5) is 5.69 Å². The molecule has 2 aromatic rings. The summed E-state index contributed by atoms with van der Waals surface area (Å²) in [6, 6.07) is 3.89. The van der Waals surface area contributed by atoms with Crippen LogP contribution in [0, 0.1) is 0 Å². The zero-order valence-corrected chi connectivity index (χ0v) is 10.4. The normalized spacial score (nSPS) is 10.8. The van der Waals surface area contributed by atoms with Crippen molar-refractivity contribution in [2.24, 2.45) is 5.10 Å². The van der Waals surface area contributed by atoms with Gasteiger partial charge in [-0.25, -0.2) is 5.10 Å². The minimum Gasteiger partial charge on any atom is -0.275 e. The number of anilines is 1. The molecule has 0 bridgehead atoms. The average Bonchev–Trinajstić information content (AvgIpc) is 2.77. The van der Waals surface area contributed by atoms with Crippen molar-refractivity contribution in [2.45, 2.75) is 0 Å². The van der Waals surface area contributed by atoms with Gasteiger partial charge in [-0.15, -0.1) is 11.3 Å². The zero-order valence-electron chi connectivity index (χ0n) is 7.98. The van der Waals surface area contributed by atoms with Gasteiger partial charge in [-0.05, 0) is 27.4 Å². The van der Waals surface area contributed by atoms with Crippen molar-refractivity contribution in [1.29, 1.82) is 0 Å². The standard InChI is InChI=1S/C9H7BrN4OS/c10-8-7(5-12-14-9(8)15)13-11-4-6-2-1-3-16-6/h1-5H,(H2,13,14,15)/b11-4-. The number of hydrazone groups is 1. The highest BCUT2D eigenvalue weighted by atomic mass is 79.9. The summed E-state index contributed by atoms with van der Waals surface area (Å²) in [4.78, 5) is 12.2. The van der Waals surface area contributed by atoms with Gasteiger partial charge >= 0.3 is 0 Å². The lowest BCUT2D eigenvalue weighted by Crippen LogP contribution is -2.10. The lowest BCUT2D eigenvalue weighted by atomic mass is 10.5. The van der Waals surface area contributed by atoms with E-state index in [0.717, 1.165) is 4.88 Å². The fourth-order valence-corrected chi connectivity index (χ4v) is 1.86. The Balaban J connectivity index is 2.11. The van der Waals surface area contributed by atoms with Crippen molar-refractivity contribution >= 4 is 39.2 Å². The quantitative estimate of drug-likeness (QED) is 0.673. The van der Waals surface area contributed by atoms with Gasteiger partial charge in [0.1, 0.15) is 4.47 Å². The van der Waals surface area contributed by atoms with Gasteiger partial charge in [0.2, 0.25) is 0 Å². The van der Waals surface area contributed by atoms with E-state index in [1.165, 1.54) is 6.20 Å². The Kier molecular flexibility index (Phi) is 3.47. The van der Waals surface area contributed by atoms with Crippen molar-refractivity contribution in [2.75, 3.05) is 5.43 Å². The molecule has 0 aliphatic rings. The van der Waals surface area contributed by atoms with Gasteiger partial charge in [0.05, 0.1) is 18.1 Å². The van der Waals surface area contributed by atoms with Gasteiger partial charge in [-0.1, -0.05) is 6.07 Å². The maximum Gasteiger partial charge on any atom is 0.280 e. The summed E-state index contributed by atoms with van der Waals surface area (Å²) in [5.41, 5.74) is 2.97. The minimum absolute atomic E-state index is 0.295. The summed E-state index contributed by atoms with van der Waals surface area (Å²) in [6.07, 6.45) is 3.16. The third kappa shape index (κ3) is 2.56. The Morgan fingerprint density at radius 2 is 2.50 bits per heavy atom. The summed E-state index contributed by atoms with van der Waals surface area (Å²) in [5.74, 6) is 0. The number of aromatic nitrogens is 2. The smallest absolute Gasteiger partial charge is 0.275 e. The number of hydrogen-bond acceptors (Lipinski definition) is 5. The fraction of sp³-hybridized carbons (Fsp3) is 0. The molecule has 0 atom stereocenters. The van der Waals surface area contributed by atoms with E-state index in [1.807, 2.05) is 17.5 Å². The van der Waals surface area contributed by atoms with Crippen LogP contribution >= 0.6 is 27.3 Å². The molecule has 7 heteroatoms. The molecule has 2 rings (SSSR count). The van der Waals surface area contributed by atoms with Gasteiger partial charge in [0.25, 0.3) is 5.56 Å². The Morgan fingerprint density at radius 3 is 3.25 bits per heavy atom. The molecule has 5 nitrogen and oxygen atoms in total. The second-order valence-electron chi connectivity index (χ2n) is 2.81. The van der Waals surface area contributed by atoms with Crippen molar-refractivity contribution in [1.82, 2.24) is 10.2 Å². The van der Waals surface area contributed by atoms with Crippen LogP contribution in [0.2, 0.25) is 0 Å². The summed E-state index contributed by atoms with van der Waals surface area (Å²) in [5, 5.41) is 11.9. The van der Waals surface area contributed by atoms with E-state index in [2.05, 4.69) is 36.7 Å². The first kappa shape index (κ1) is 11.0. The highest BCUT2D eigenvalue weighted by molar-refractivity contribution is 9.10. The lowest BCUT2D eigenvalue weighted by molar-refractivity contribution is 0.977. The molecule has 82 valence electrons. The van der Waals surface area contributed by atoms with Crippen LogP contribution in [0.5, 0.6) is 0 Å². The molecule has 0 saturated heterocycles. The summed E-state index contributed by atoms with van der Waals surface area (Å²) < 4.78 is 0.380. The molecule has 16 heavy (non-hydrogen) atoms. The second kappa shape index (κ2) is 5.04. The first-order valence-corrected chi connectivity index (χ1v) is 6.00. The molecular formula is C9H7BrN4OS. The monoisotopic (exact) mass is 298 g/mol. The number of rotatable bonds is 3. The van der Waals surface area contributed by atoms with Gasteiger partial charge in [0.15, 0.2) is 0 Å². The van der Waals surface area contributed by atoms with Crippen molar-refractivity contribution in [3.8, 4) is 0 Å². The predicted molar refractivity (Wildman–Crippen MR) is 68.1 cm³/mol. The van der Waals surface area contributed by atoms with Crippen LogP contribution < -0.4 is 11.0 Å². The highest BCUT2D eigenvalue weighted by Gasteiger charge is 2.01. The maximum absolute atomic E-state index is 11.2. The number of nitrogens with one attached hydrogen (secondary N) is 2. The molecule has 0 aliphatic carbocycles. The molecule has 0 aliphatic heterocycles. The molecule has 0 amide bonds. The largest absolute Gasteiger partial charge is 0.280 e. The molecule has 0 unspecified atom stereocenters. The van der Waals surface area contributed by atoms with Gasteiger partial charge in [-0.2, -0.15) is 10.2 Å². The number of aromatic amines is 1. The van der Waals surface area contributed by atoms with Gasteiger partial charge in [0, 0.05) is 4.88 Å². The molecule has 2 heterocycles. The number of H-pyrrole nitrogens is 1. The number of halogens is 1. The van der Waals surface area contributed by atoms with Crippen LogP contribution in [-0.2, 0) is 0 Å². The van der Waals surface area contributed by atoms with Crippen molar-refractivity contribution in [3.63, 3.8) is 0 Å².